The molecule has 0 spiro atoms. The van der Waals surface area contributed by atoms with E-state index in [1.165, 1.54) is 0 Å². The fraction of sp³-hybridized carbons (Fsp3) is 0.500. The smallest absolute Gasteiger partial charge is 0.272 e. The van der Waals surface area contributed by atoms with E-state index in [-0.39, 0.29) is 5.91 Å². The maximum absolute atomic E-state index is 12.4. The summed E-state index contributed by atoms with van der Waals surface area (Å²) in [6.45, 7) is 5.17. The van der Waals surface area contributed by atoms with Crippen molar-refractivity contribution < 1.29 is 4.79 Å². The number of carbonyl (C=O) groups is 1. The van der Waals surface area contributed by atoms with Gasteiger partial charge in [0.15, 0.2) is 0 Å². The van der Waals surface area contributed by atoms with Gasteiger partial charge in [0, 0.05) is 20.1 Å². The highest BCUT2D eigenvalue weighted by Gasteiger charge is 2.18. The van der Waals surface area contributed by atoms with Gasteiger partial charge >= 0.3 is 0 Å². The van der Waals surface area contributed by atoms with E-state index >= 15 is 0 Å². The summed E-state index contributed by atoms with van der Waals surface area (Å²) >= 11 is 0. The van der Waals surface area contributed by atoms with Gasteiger partial charge in [0.2, 0.25) is 0 Å². The third-order valence-electron chi connectivity index (χ3n) is 2.59. The Morgan fingerprint density at radius 2 is 2.26 bits per heavy atom. The van der Waals surface area contributed by atoms with E-state index in [1.807, 2.05) is 13.8 Å². The summed E-state index contributed by atoms with van der Waals surface area (Å²) in [7, 11) is 1.76. The van der Waals surface area contributed by atoms with Gasteiger partial charge in [-0.25, -0.2) is 4.98 Å². The Morgan fingerprint density at radius 1 is 1.53 bits per heavy atom. The van der Waals surface area contributed by atoms with E-state index in [0.29, 0.717) is 36.9 Å². The van der Waals surface area contributed by atoms with Gasteiger partial charge in [-0.15, -0.1) is 0 Å². The SMILES string of the molecule is CNc1cccc(C(=O)N(CCC#N)CC(C)C)n1. The zero-order chi connectivity index (χ0) is 14.3. The van der Waals surface area contributed by atoms with Crippen molar-refractivity contribution in [1.29, 1.82) is 5.26 Å². The van der Waals surface area contributed by atoms with Gasteiger partial charge in [0.05, 0.1) is 12.5 Å². The van der Waals surface area contributed by atoms with Crippen LogP contribution in [-0.4, -0.2) is 35.9 Å². The van der Waals surface area contributed by atoms with Crippen LogP contribution in [-0.2, 0) is 0 Å². The number of nitriles is 1. The predicted molar refractivity (Wildman–Crippen MR) is 74.8 cm³/mol. The Kier molecular flexibility index (Phi) is 5.80. The predicted octanol–water partition coefficient (Wildman–Crippen LogP) is 2.14. The molecule has 1 aromatic rings. The minimum atomic E-state index is -0.124. The fourth-order valence-electron chi connectivity index (χ4n) is 1.76. The lowest BCUT2D eigenvalue weighted by atomic mass is 10.2. The van der Waals surface area contributed by atoms with Crippen LogP contribution in [0.4, 0.5) is 5.82 Å². The first-order valence-electron chi connectivity index (χ1n) is 6.39. The molecule has 0 aliphatic rings. The van der Waals surface area contributed by atoms with Gasteiger partial charge in [0.25, 0.3) is 5.91 Å². The van der Waals surface area contributed by atoms with Crippen molar-refractivity contribution in [2.24, 2.45) is 5.92 Å². The van der Waals surface area contributed by atoms with Gasteiger partial charge in [-0.05, 0) is 18.1 Å². The lowest BCUT2D eigenvalue weighted by molar-refractivity contribution is 0.0734. The summed E-state index contributed by atoms with van der Waals surface area (Å²) in [5.74, 6) is 0.895. The minimum absolute atomic E-state index is 0.124. The summed E-state index contributed by atoms with van der Waals surface area (Å²) in [4.78, 5) is 18.3. The molecule has 102 valence electrons. The molecule has 0 aromatic carbocycles. The molecule has 1 heterocycles. The molecule has 0 aliphatic heterocycles. The third kappa shape index (κ3) is 4.59. The second-order valence-corrected chi connectivity index (χ2v) is 4.71. The van der Waals surface area contributed by atoms with Crippen molar-refractivity contribution in [2.45, 2.75) is 20.3 Å². The highest BCUT2D eigenvalue weighted by atomic mass is 16.2. The first-order chi connectivity index (χ1) is 9.08. The molecule has 0 saturated carbocycles. The molecule has 1 amide bonds. The summed E-state index contributed by atoms with van der Waals surface area (Å²) in [5.41, 5.74) is 0.408. The molecule has 1 N–H and O–H groups in total. The normalized spacial score (nSPS) is 10.1. The monoisotopic (exact) mass is 260 g/mol. The number of carbonyl (C=O) groups excluding carboxylic acids is 1. The zero-order valence-corrected chi connectivity index (χ0v) is 11.7. The molecule has 0 radical (unpaired) electrons. The van der Waals surface area contributed by atoms with Crippen molar-refractivity contribution in [2.75, 3.05) is 25.5 Å². The van der Waals surface area contributed by atoms with Crippen molar-refractivity contribution in [1.82, 2.24) is 9.88 Å². The molecule has 0 unspecified atom stereocenters. The number of rotatable bonds is 6. The second-order valence-electron chi connectivity index (χ2n) is 4.71. The molecule has 1 aromatic heterocycles. The second kappa shape index (κ2) is 7.37. The molecule has 0 saturated heterocycles. The lowest BCUT2D eigenvalue weighted by Gasteiger charge is -2.23. The van der Waals surface area contributed by atoms with E-state index in [9.17, 15) is 4.79 Å². The van der Waals surface area contributed by atoms with E-state index in [2.05, 4.69) is 16.4 Å². The molecule has 0 fully saturated rings. The standard InChI is InChI=1S/C14H20N4O/c1-11(2)10-18(9-5-8-15)14(19)12-6-4-7-13(16-3)17-12/h4,6-7,11H,5,9-10H2,1-3H3,(H,16,17). The third-order valence-corrected chi connectivity index (χ3v) is 2.59. The number of amides is 1. The molecule has 19 heavy (non-hydrogen) atoms. The summed E-state index contributed by atoms with van der Waals surface area (Å²) < 4.78 is 0. The highest BCUT2D eigenvalue weighted by Crippen LogP contribution is 2.09. The first kappa shape index (κ1) is 15.0. The van der Waals surface area contributed by atoms with Crippen molar-refractivity contribution in [3.8, 4) is 6.07 Å². The quantitative estimate of drug-likeness (QED) is 0.850. The van der Waals surface area contributed by atoms with Gasteiger partial charge in [0.1, 0.15) is 11.5 Å². The maximum atomic E-state index is 12.4. The lowest BCUT2D eigenvalue weighted by Crippen LogP contribution is -2.35. The molecular formula is C14H20N4O. The zero-order valence-electron chi connectivity index (χ0n) is 11.7. The Labute approximate surface area is 114 Å². The van der Waals surface area contributed by atoms with Crippen LogP contribution in [0.15, 0.2) is 18.2 Å². The van der Waals surface area contributed by atoms with E-state index < -0.39 is 0 Å². The van der Waals surface area contributed by atoms with Gasteiger partial charge in [-0.2, -0.15) is 5.26 Å². The summed E-state index contributed by atoms with van der Waals surface area (Å²) in [6.07, 6.45) is 0.337. The number of pyridine rings is 1. The van der Waals surface area contributed by atoms with Crippen LogP contribution in [0, 0.1) is 17.2 Å². The van der Waals surface area contributed by atoms with Gasteiger partial charge < -0.3 is 10.2 Å². The number of anilines is 1. The Bertz CT molecular complexity index is 465. The van der Waals surface area contributed by atoms with Crippen LogP contribution < -0.4 is 5.32 Å². The van der Waals surface area contributed by atoms with Crippen LogP contribution in [0.1, 0.15) is 30.8 Å². The van der Waals surface area contributed by atoms with Crippen LogP contribution in [0.3, 0.4) is 0 Å². The number of aromatic nitrogens is 1. The molecule has 1 rings (SSSR count). The minimum Gasteiger partial charge on any atom is -0.373 e. The largest absolute Gasteiger partial charge is 0.373 e. The Balaban J connectivity index is 2.87. The highest BCUT2D eigenvalue weighted by molar-refractivity contribution is 5.92. The number of hydrogen-bond donors (Lipinski definition) is 1. The fourth-order valence-corrected chi connectivity index (χ4v) is 1.76. The topological polar surface area (TPSA) is 69.0 Å². The molecule has 5 nitrogen and oxygen atoms in total. The van der Waals surface area contributed by atoms with Crippen LogP contribution >= 0.6 is 0 Å². The van der Waals surface area contributed by atoms with Crippen LogP contribution in [0.25, 0.3) is 0 Å². The maximum Gasteiger partial charge on any atom is 0.272 e. The average molecular weight is 260 g/mol. The van der Waals surface area contributed by atoms with Crippen molar-refractivity contribution in [3.63, 3.8) is 0 Å². The molecule has 0 aliphatic carbocycles. The van der Waals surface area contributed by atoms with E-state index in [0.717, 1.165) is 0 Å². The first-order valence-corrected chi connectivity index (χ1v) is 6.39. The number of nitrogens with zero attached hydrogens (tertiary/aromatic N) is 3. The average Bonchev–Trinajstić information content (AvgIpc) is 2.42. The van der Waals surface area contributed by atoms with E-state index in [1.54, 1.807) is 30.1 Å². The van der Waals surface area contributed by atoms with Crippen molar-refractivity contribution >= 4 is 11.7 Å². The number of hydrogen-bond acceptors (Lipinski definition) is 4. The van der Waals surface area contributed by atoms with Crippen molar-refractivity contribution in [3.05, 3.63) is 23.9 Å². The summed E-state index contributed by atoms with van der Waals surface area (Å²) in [6, 6.07) is 7.37. The molecule has 0 atom stereocenters. The number of nitrogens with one attached hydrogen (secondary N) is 1. The Hall–Kier alpha value is -2.09. The van der Waals surface area contributed by atoms with Crippen LogP contribution in [0.2, 0.25) is 0 Å². The Morgan fingerprint density at radius 3 is 2.84 bits per heavy atom. The van der Waals surface area contributed by atoms with Gasteiger partial charge in [-0.1, -0.05) is 19.9 Å². The van der Waals surface area contributed by atoms with Crippen LogP contribution in [0.5, 0.6) is 0 Å². The molecule has 0 bridgehead atoms. The van der Waals surface area contributed by atoms with E-state index in [4.69, 9.17) is 5.26 Å². The molecule has 5 heteroatoms. The summed E-state index contributed by atoms with van der Waals surface area (Å²) in [5, 5.41) is 11.6. The van der Waals surface area contributed by atoms with Gasteiger partial charge in [-0.3, -0.25) is 4.79 Å². The molecular weight excluding hydrogens is 240 g/mol.